The van der Waals surface area contributed by atoms with Gasteiger partial charge in [0.25, 0.3) is 11.5 Å². The van der Waals surface area contributed by atoms with Crippen molar-refractivity contribution in [3.05, 3.63) is 51.9 Å². The number of hydrogen-bond donors (Lipinski definition) is 1. The molecule has 14 heteroatoms. The van der Waals surface area contributed by atoms with E-state index in [1.807, 2.05) is 6.07 Å². The fourth-order valence-corrected chi connectivity index (χ4v) is 5.07. The summed E-state index contributed by atoms with van der Waals surface area (Å²) < 4.78 is 53.1. The van der Waals surface area contributed by atoms with E-state index in [0.717, 1.165) is 4.90 Å². The molecule has 0 radical (unpaired) electrons. The Kier molecular flexibility index (Phi) is 9.39. The summed E-state index contributed by atoms with van der Waals surface area (Å²) in [6.07, 6.45) is -2.84. The number of aromatic nitrogens is 3. The quantitative estimate of drug-likeness (QED) is 0.355. The third-order valence-electron chi connectivity index (χ3n) is 7.10. The Morgan fingerprint density at radius 3 is 2.52 bits per heavy atom. The molecular formula is C30H35F3N6O5. The number of ether oxygens (including phenoxy) is 2. The Bertz CT molecular complexity index is 1640. The lowest BCUT2D eigenvalue weighted by Crippen LogP contribution is -2.39. The average Bonchev–Trinajstić information content (AvgIpc) is 3.30. The molecule has 0 saturated carbocycles. The van der Waals surface area contributed by atoms with Crippen LogP contribution in [0.3, 0.4) is 0 Å². The molecule has 3 aromatic rings. The van der Waals surface area contributed by atoms with Crippen LogP contribution in [0.2, 0.25) is 0 Å². The summed E-state index contributed by atoms with van der Waals surface area (Å²) in [6.45, 7) is 6.92. The highest BCUT2D eigenvalue weighted by atomic mass is 19.4. The van der Waals surface area contributed by atoms with Crippen LogP contribution in [0.5, 0.6) is 0 Å². The topological polar surface area (TPSA) is 131 Å². The van der Waals surface area contributed by atoms with Crippen molar-refractivity contribution in [3.8, 4) is 6.07 Å². The summed E-state index contributed by atoms with van der Waals surface area (Å²) in [6, 6.07) is 7.87. The molecule has 44 heavy (non-hydrogen) atoms. The first kappa shape index (κ1) is 32.5. The van der Waals surface area contributed by atoms with Crippen LogP contribution >= 0.6 is 0 Å². The Hall–Kier alpha value is -4.38. The molecule has 1 N–H and O–H groups in total. The SMILES string of the molecule is CCN(CC(F)(F)F)C(=O)c1ccc(Nc2nn([C@H]3CC[C@@H](C(=O)OC(C)(C)C)OC3)c3ccn(CC#N)c(=O)c23)cc1C. The second-order valence-electron chi connectivity index (χ2n) is 11.6. The number of halogens is 3. The maximum absolute atomic E-state index is 13.4. The van der Waals surface area contributed by atoms with Crippen molar-refractivity contribution < 1.29 is 32.2 Å². The van der Waals surface area contributed by atoms with Crippen molar-refractivity contribution in [2.24, 2.45) is 0 Å². The predicted octanol–water partition coefficient (Wildman–Crippen LogP) is 4.86. The van der Waals surface area contributed by atoms with E-state index in [2.05, 4.69) is 10.4 Å². The molecule has 3 heterocycles. The van der Waals surface area contributed by atoms with Gasteiger partial charge in [-0.05, 0) is 77.3 Å². The summed E-state index contributed by atoms with van der Waals surface area (Å²) in [4.78, 5) is 39.5. The number of alkyl halides is 3. The molecule has 0 bridgehead atoms. The highest BCUT2D eigenvalue weighted by Gasteiger charge is 2.34. The van der Waals surface area contributed by atoms with E-state index in [0.29, 0.717) is 29.6 Å². The average molecular weight is 617 g/mol. The second-order valence-corrected chi connectivity index (χ2v) is 11.6. The smallest absolute Gasteiger partial charge is 0.406 e. The number of carbonyl (C=O) groups is 2. The molecule has 1 amide bonds. The van der Waals surface area contributed by atoms with Crippen LogP contribution < -0.4 is 10.9 Å². The van der Waals surface area contributed by atoms with Gasteiger partial charge in [-0.1, -0.05) is 0 Å². The van der Waals surface area contributed by atoms with Gasteiger partial charge in [-0.2, -0.15) is 23.5 Å². The lowest BCUT2D eigenvalue weighted by molar-refractivity contribution is -0.172. The first-order valence-electron chi connectivity index (χ1n) is 14.2. The molecule has 0 aliphatic carbocycles. The maximum atomic E-state index is 13.4. The fraction of sp³-hybridized carbons (Fsp3) is 0.500. The zero-order valence-electron chi connectivity index (χ0n) is 25.2. The first-order valence-corrected chi connectivity index (χ1v) is 14.2. The minimum absolute atomic E-state index is 0.112. The molecule has 2 aromatic heterocycles. The second kappa shape index (κ2) is 12.7. The van der Waals surface area contributed by atoms with Crippen LogP contribution in [0.25, 0.3) is 10.9 Å². The van der Waals surface area contributed by atoms with Crippen LogP contribution in [0, 0.1) is 18.3 Å². The molecular weight excluding hydrogens is 581 g/mol. The van der Waals surface area contributed by atoms with Crippen molar-refractivity contribution in [1.29, 1.82) is 5.26 Å². The number of esters is 1. The van der Waals surface area contributed by atoms with Gasteiger partial charge in [0.05, 0.1) is 24.2 Å². The van der Waals surface area contributed by atoms with Crippen LogP contribution in [0.15, 0.2) is 35.3 Å². The number of fused-ring (bicyclic) bond motifs is 1. The number of anilines is 2. The third kappa shape index (κ3) is 7.39. The van der Waals surface area contributed by atoms with Gasteiger partial charge in [-0.3, -0.25) is 14.3 Å². The third-order valence-corrected chi connectivity index (χ3v) is 7.10. The van der Waals surface area contributed by atoms with Gasteiger partial charge in [-0.15, -0.1) is 0 Å². The molecule has 1 aliphatic heterocycles. The van der Waals surface area contributed by atoms with E-state index in [1.54, 1.807) is 44.5 Å². The van der Waals surface area contributed by atoms with E-state index < -0.39 is 41.9 Å². The molecule has 236 valence electrons. The highest BCUT2D eigenvalue weighted by molar-refractivity contribution is 5.96. The number of hydrogen-bond acceptors (Lipinski definition) is 8. The molecule has 1 aliphatic rings. The molecule has 0 spiro atoms. The number of carbonyl (C=O) groups excluding carboxylic acids is 2. The van der Waals surface area contributed by atoms with Crippen molar-refractivity contribution in [1.82, 2.24) is 19.2 Å². The van der Waals surface area contributed by atoms with Crippen LogP contribution in [-0.4, -0.2) is 68.7 Å². The van der Waals surface area contributed by atoms with Crippen molar-refractivity contribution in [2.75, 3.05) is 25.0 Å². The summed E-state index contributed by atoms with van der Waals surface area (Å²) in [5.74, 6) is -0.997. The summed E-state index contributed by atoms with van der Waals surface area (Å²) >= 11 is 0. The Labute approximate surface area is 252 Å². The van der Waals surface area contributed by atoms with Crippen LogP contribution in [0.1, 0.15) is 62.5 Å². The van der Waals surface area contributed by atoms with E-state index in [9.17, 15) is 32.8 Å². The fourth-order valence-electron chi connectivity index (χ4n) is 5.07. The summed E-state index contributed by atoms with van der Waals surface area (Å²) in [5, 5.41) is 17.2. The largest absolute Gasteiger partial charge is 0.458 e. The number of benzene rings is 1. The first-order chi connectivity index (χ1) is 20.6. The molecule has 4 rings (SSSR count). The zero-order valence-corrected chi connectivity index (χ0v) is 25.2. The van der Waals surface area contributed by atoms with E-state index >= 15 is 0 Å². The lowest BCUT2D eigenvalue weighted by Gasteiger charge is -2.30. The number of aryl methyl sites for hydroxylation is 1. The Morgan fingerprint density at radius 2 is 1.95 bits per heavy atom. The van der Waals surface area contributed by atoms with Gasteiger partial charge in [-0.25, -0.2) is 4.79 Å². The van der Waals surface area contributed by atoms with Crippen LogP contribution in [-0.2, 0) is 20.8 Å². The highest BCUT2D eigenvalue weighted by Crippen LogP contribution is 2.32. The molecule has 2 atom stereocenters. The van der Waals surface area contributed by atoms with Crippen LogP contribution in [0.4, 0.5) is 24.7 Å². The summed E-state index contributed by atoms with van der Waals surface area (Å²) in [7, 11) is 0. The monoisotopic (exact) mass is 616 g/mol. The number of nitrogens with one attached hydrogen (secondary N) is 1. The molecule has 1 saturated heterocycles. The zero-order chi connectivity index (χ0) is 32.4. The van der Waals surface area contributed by atoms with E-state index in [1.165, 1.54) is 29.8 Å². The van der Waals surface area contributed by atoms with Gasteiger partial charge in [0.2, 0.25) is 0 Å². The number of nitrogens with zero attached hydrogens (tertiary/aromatic N) is 5. The lowest BCUT2D eigenvalue weighted by atomic mass is 10.0. The van der Waals surface area contributed by atoms with Gasteiger partial charge >= 0.3 is 12.1 Å². The Balaban J connectivity index is 1.64. The minimum Gasteiger partial charge on any atom is -0.458 e. The molecule has 1 fully saturated rings. The maximum Gasteiger partial charge on any atom is 0.406 e. The molecule has 0 unspecified atom stereocenters. The van der Waals surface area contributed by atoms with Gasteiger partial charge in [0.15, 0.2) is 11.9 Å². The van der Waals surface area contributed by atoms with Crippen molar-refractivity contribution >= 4 is 34.3 Å². The Morgan fingerprint density at radius 1 is 1.23 bits per heavy atom. The number of nitriles is 1. The number of amides is 1. The number of rotatable bonds is 8. The van der Waals surface area contributed by atoms with Gasteiger partial charge in [0.1, 0.15) is 24.1 Å². The van der Waals surface area contributed by atoms with Crippen molar-refractivity contribution in [2.45, 2.75) is 77.9 Å². The minimum atomic E-state index is -4.53. The van der Waals surface area contributed by atoms with Gasteiger partial charge in [0, 0.05) is 24.0 Å². The summed E-state index contributed by atoms with van der Waals surface area (Å²) in [5.41, 5.74) is 0.388. The van der Waals surface area contributed by atoms with Crippen molar-refractivity contribution in [3.63, 3.8) is 0 Å². The normalized spacial score (nSPS) is 17.2. The predicted molar refractivity (Wildman–Crippen MR) is 156 cm³/mol. The van der Waals surface area contributed by atoms with E-state index in [-0.39, 0.29) is 42.5 Å². The standard InChI is InChI=1S/C30H35F3N6O5/c1-6-37(17-30(31,32)33)26(40)21-9-7-19(15-18(21)2)35-25-24-22(11-13-38(14-12-34)27(24)41)39(36-25)20-8-10-23(43-16-20)28(42)44-29(3,4)5/h7,9,11,13,15,20,23H,6,8,10,14,16-17H2,1-5H3,(H,35,36)/t20-,23-/m0/s1. The molecule has 11 nitrogen and oxygen atoms in total. The van der Waals surface area contributed by atoms with Gasteiger partial charge < -0.3 is 24.3 Å². The number of pyridine rings is 1. The molecule has 1 aromatic carbocycles. The van der Waals surface area contributed by atoms with E-state index in [4.69, 9.17) is 9.47 Å².